The second-order valence-electron chi connectivity index (χ2n) is 21.5. The maximum absolute atomic E-state index is 13.1. The highest BCUT2D eigenvalue weighted by Gasteiger charge is 2.44. The summed E-state index contributed by atoms with van der Waals surface area (Å²) in [5, 5.41) is 54.8. The van der Waals surface area contributed by atoms with Crippen molar-refractivity contribution < 1.29 is 39.8 Å². The molecule has 6 N–H and O–H groups in total. The van der Waals surface area contributed by atoms with Gasteiger partial charge in [-0.2, -0.15) is 0 Å². The quantitative estimate of drug-likeness (QED) is 0.0261. The van der Waals surface area contributed by atoms with Crippen molar-refractivity contribution in [2.24, 2.45) is 0 Å². The van der Waals surface area contributed by atoms with Crippen molar-refractivity contribution in [1.82, 2.24) is 5.32 Å². The zero-order valence-electron chi connectivity index (χ0n) is 47.4. The topological polar surface area (TPSA) is 149 Å². The monoisotopic (exact) mass is 1030 g/mol. The Bertz CT molecular complexity index is 1330. The summed E-state index contributed by atoms with van der Waals surface area (Å²) in [6.45, 7) is 3.75. The molecule has 1 heterocycles. The average molecular weight is 1030 g/mol. The van der Waals surface area contributed by atoms with Crippen LogP contribution in [0.1, 0.15) is 284 Å². The summed E-state index contributed by atoms with van der Waals surface area (Å²) in [6.07, 6.45) is 65.4. The van der Waals surface area contributed by atoms with Gasteiger partial charge in [-0.05, 0) is 57.8 Å². The number of hydrogen-bond donors (Lipinski definition) is 6. The van der Waals surface area contributed by atoms with E-state index in [0.29, 0.717) is 12.8 Å². The molecule has 0 spiro atoms. The van der Waals surface area contributed by atoms with E-state index in [1.807, 2.05) is 0 Å². The van der Waals surface area contributed by atoms with Crippen LogP contribution < -0.4 is 5.32 Å². The van der Waals surface area contributed by atoms with Crippen molar-refractivity contribution in [1.29, 1.82) is 0 Å². The minimum absolute atomic E-state index is 0.144. The molecular weight excluding hydrogens is 911 g/mol. The van der Waals surface area contributed by atoms with E-state index in [4.69, 9.17) is 9.47 Å². The summed E-state index contributed by atoms with van der Waals surface area (Å²) < 4.78 is 11.3. The van der Waals surface area contributed by atoms with E-state index in [2.05, 4.69) is 79.9 Å². The van der Waals surface area contributed by atoms with Crippen LogP contribution >= 0.6 is 0 Å². The van der Waals surface area contributed by atoms with Crippen molar-refractivity contribution in [2.75, 3.05) is 13.2 Å². The lowest BCUT2D eigenvalue weighted by Gasteiger charge is -2.40. The van der Waals surface area contributed by atoms with E-state index in [1.165, 1.54) is 173 Å². The number of aliphatic hydroxyl groups is 5. The first-order valence-corrected chi connectivity index (χ1v) is 31.0. The van der Waals surface area contributed by atoms with Crippen LogP contribution in [0.3, 0.4) is 0 Å². The van der Waals surface area contributed by atoms with Crippen molar-refractivity contribution in [2.45, 2.75) is 326 Å². The van der Waals surface area contributed by atoms with Gasteiger partial charge in [0.2, 0.25) is 5.91 Å². The number of amides is 1. The van der Waals surface area contributed by atoms with Crippen molar-refractivity contribution >= 4 is 5.91 Å². The first kappa shape index (κ1) is 68.9. The van der Waals surface area contributed by atoms with Gasteiger partial charge >= 0.3 is 0 Å². The molecule has 1 rings (SSSR count). The fourth-order valence-electron chi connectivity index (χ4n) is 9.78. The van der Waals surface area contributed by atoms with Gasteiger partial charge in [-0.15, -0.1) is 0 Å². The van der Waals surface area contributed by atoms with E-state index in [1.54, 1.807) is 0 Å². The maximum atomic E-state index is 13.1. The minimum atomic E-state index is -1.56. The first-order chi connectivity index (χ1) is 35.8. The van der Waals surface area contributed by atoms with Crippen molar-refractivity contribution in [3.8, 4) is 0 Å². The third kappa shape index (κ3) is 42.7. The number of nitrogens with one attached hydrogen (secondary N) is 1. The van der Waals surface area contributed by atoms with Crippen LogP contribution in [-0.4, -0.2) is 87.5 Å². The molecule has 426 valence electrons. The van der Waals surface area contributed by atoms with E-state index < -0.39 is 49.5 Å². The second-order valence-corrected chi connectivity index (χ2v) is 21.5. The van der Waals surface area contributed by atoms with Gasteiger partial charge in [0.05, 0.1) is 25.4 Å². The van der Waals surface area contributed by atoms with Crippen LogP contribution in [0, 0.1) is 0 Å². The van der Waals surface area contributed by atoms with Gasteiger partial charge in [-0.25, -0.2) is 0 Å². The maximum Gasteiger partial charge on any atom is 0.220 e. The minimum Gasteiger partial charge on any atom is -0.394 e. The summed E-state index contributed by atoms with van der Waals surface area (Å²) in [5.41, 5.74) is 0. The molecule has 0 aliphatic carbocycles. The number of aliphatic hydroxyl groups excluding tert-OH is 5. The van der Waals surface area contributed by atoms with Crippen LogP contribution in [0.15, 0.2) is 60.8 Å². The summed E-state index contributed by atoms with van der Waals surface area (Å²) >= 11 is 0. The van der Waals surface area contributed by atoms with Gasteiger partial charge in [0.1, 0.15) is 24.4 Å². The molecule has 0 saturated carbocycles. The van der Waals surface area contributed by atoms with Gasteiger partial charge in [0.25, 0.3) is 0 Å². The molecule has 0 aromatic rings. The number of unbranched alkanes of at least 4 members (excludes halogenated alkanes) is 33. The lowest BCUT2D eigenvalue weighted by atomic mass is 9.99. The molecule has 9 nitrogen and oxygen atoms in total. The Morgan fingerprint density at radius 1 is 0.479 bits per heavy atom. The van der Waals surface area contributed by atoms with Gasteiger partial charge in [0.15, 0.2) is 6.29 Å². The summed E-state index contributed by atoms with van der Waals surface area (Å²) in [6, 6.07) is -0.730. The summed E-state index contributed by atoms with van der Waals surface area (Å²) in [4.78, 5) is 13.1. The number of carbonyl (C=O) groups is 1. The zero-order valence-corrected chi connectivity index (χ0v) is 47.4. The van der Waals surface area contributed by atoms with Gasteiger partial charge in [-0.1, -0.05) is 280 Å². The molecule has 7 unspecified atom stereocenters. The van der Waals surface area contributed by atoms with Gasteiger partial charge in [-0.3, -0.25) is 4.79 Å². The first-order valence-electron chi connectivity index (χ1n) is 31.0. The number of allylic oxidation sites excluding steroid dienone is 10. The molecule has 1 aliphatic rings. The van der Waals surface area contributed by atoms with E-state index in [0.717, 1.165) is 83.5 Å². The van der Waals surface area contributed by atoms with Crippen LogP contribution in [0.2, 0.25) is 0 Å². The SMILES string of the molecule is CC/C=C\C/C=C\C/C=C\C/C=C\C/C=C\CCCCCCCCCC(=O)NC(COC1OC(CO)C(O)C(O)C1O)C(O)CCCCCCCCCCCCCCCCCCCCCCCCCCCCC. The highest BCUT2D eigenvalue weighted by atomic mass is 16.7. The number of carbonyl (C=O) groups excluding carboxylic acids is 1. The van der Waals surface area contributed by atoms with Crippen LogP contribution in [-0.2, 0) is 14.3 Å². The Labute approximate surface area is 449 Å². The predicted molar refractivity (Wildman–Crippen MR) is 309 cm³/mol. The Kier molecular flexibility index (Phi) is 50.3. The number of rotatable bonds is 53. The lowest BCUT2D eigenvalue weighted by molar-refractivity contribution is -0.302. The average Bonchev–Trinajstić information content (AvgIpc) is 3.39. The fourth-order valence-corrected chi connectivity index (χ4v) is 9.78. The normalized spacial score (nSPS) is 19.5. The molecule has 0 aromatic carbocycles. The molecular formula is C64H117NO8. The molecule has 73 heavy (non-hydrogen) atoms. The fraction of sp³-hybridized carbons (Fsp3) is 0.828. The third-order valence-electron chi connectivity index (χ3n) is 14.6. The van der Waals surface area contributed by atoms with E-state index in [9.17, 15) is 30.3 Å². The van der Waals surface area contributed by atoms with Gasteiger partial charge in [0, 0.05) is 6.42 Å². The predicted octanol–water partition coefficient (Wildman–Crippen LogP) is 15.9. The van der Waals surface area contributed by atoms with Crippen molar-refractivity contribution in [3.05, 3.63) is 60.8 Å². The number of hydrogen-bond acceptors (Lipinski definition) is 8. The molecule has 9 heteroatoms. The smallest absolute Gasteiger partial charge is 0.220 e. The van der Waals surface area contributed by atoms with Crippen LogP contribution in [0.4, 0.5) is 0 Å². The largest absolute Gasteiger partial charge is 0.394 e. The Hall–Kier alpha value is -2.11. The van der Waals surface area contributed by atoms with Crippen LogP contribution in [0.25, 0.3) is 0 Å². The van der Waals surface area contributed by atoms with Crippen molar-refractivity contribution in [3.63, 3.8) is 0 Å². The standard InChI is InChI=1S/C64H117NO8/c1-3-5-7-9-11-13-15-17-19-21-23-25-27-28-29-30-32-33-35-37-39-41-43-45-47-49-51-53-58(67)57(56-72-64-63(71)62(70)61(69)59(55-66)73-64)65-60(68)54-52-50-48-46-44-42-40-38-36-34-31-26-24-22-20-18-16-14-12-10-8-6-4-2/h6,8,12,14,18,20,24,26,34,36,57-59,61-64,66-67,69-71H,3-5,7,9-11,13,15-17,19,21-23,25,27-33,35,37-56H2,1-2H3,(H,65,68)/b8-6-,14-12-,20-18-,26-24-,36-34-. The third-order valence-corrected chi connectivity index (χ3v) is 14.6. The highest BCUT2D eigenvalue weighted by Crippen LogP contribution is 2.23. The molecule has 0 radical (unpaired) electrons. The molecule has 7 atom stereocenters. The van der Waals surface area contributed by atoms with E-state index in [-0.39, 0.29) is 12.5 Å². The molecule has 0 bridgehead atoms. The summed E-state index contributed by atoms with van der Waals surface area (Å²) in [7, 11) is 0. The Balaban J connectivity index is 2.18. The zero-order chi connectivity index (χ0) is 52.9. The Morgan fingerprint density at radius 3 is 1.26 bits per heavy atom. The number of ether oxygens (including phenoxy) is 2. The second kappa shape index (κ2) is 53.3. The molecule has 1 aliphatic heterocycles. The highest BCUT2D eigenvalue weighted by molar-refractivity contribution is 5.76. The van der Waals surface area contributed by atoms with E-state index >= 15 is 0 Å². The lowest BCUT2D eigenvalue weighted by Crippen LogP contribution is -2.60. The molecule has 1 fully saturated rings. The molecule has 0 aromatic heterocycles. The Morgan fingerprint density at radius 2 is 0.849 bits per heavy atom. The van der Waals surface area contributed by atoms with Crippen LogP contribution in [0.5, 0.6) is 0 Å². The summed E-state index contributed by atoms with van der Waals surface area (Å²) in [5.74, 6) is -0.154. The van der Waals surface area contributed by atoms with Gasteiger partial charge < -0.3 is 40.3 Å². The molecule has 1 amide bonds. The molecule has 1 saturated heterocycles.